The van der Waals surface area contributed by atoms with Gasteiger partial charge < -0.3 is 14.7 Å². The lowest BCUT2D eigenvalue weighted by Crippen LogP contribution is -2.39. The highest BCUT2D eigenvalue weighted by Gasteiger charge is 2.39. The van der Waals surface area contributed by atoms with Crippen molar-refractivity contribution in [1.29, 1.82) is 0 Å². The van der Waals surface area contributed by atoms with Crippen LogP contribution in [0.5, 0.6) is 0 Å². The van der Waals surface area contributed by atoms with Crippen LogP contribution in [0.25, 0.3) is 0 Å². The number of aryl methyl sites for hydroxylation is 1. The molecule has 7 heteroatoms. The molecule has 0 aliphatic carbocycles. The molecule has 2 amide bonds. The Labute approximate surface area is 127 Å². The molecule has 3 heterocycles. The van der Waals surface area contributed by atoms with Crippen LogP contribution >= 0.6 is 0 Å². The number of carbonyl (C=O) groups is 2. The predicted octanol–water partition coefficient (Wildman–Crippen LogP) is 1.08. The first-order valence-electron chi connectivity index (χ1n) is 6.96. The maximum absolute atomic E-state index is 12.2. The largest absolute Gasteiger partial charge is 0.361 e. The zero-order valence-electron chi connectivity index (χ0n) is 12.3. The van der Waals surface area contributed by atoms with Gasteiger partial charge in [-0.3, -0.25) is 14.6 Å². The van der Waals surface area contributed by atoms with Crippen LogP contribution in [0, 0.1) is 6.92 Å². The average Bonchev–Trinajstić information content (AvgIpc) is 3.05. The number of hydrogen-bond donors (Lipinski definition) is 1. The molecule has 0 unspecified atom stereocenters. The molecule has 1 fully saturated rings. The normalized spacial score (nSPS) is 21.2. The smallest absolute Gasteiger partial charge is 0.273 e. The fourth-order valence-electron chi connectivity index (χ4n) is 2.72. The van der Waals surface area contributed by atoms with Crippen molar-refractivity contribution in [3.8, 4) is 0 Å². The maximum atomic E-state index is 12.2. The van der Waals surface area contributed by atoms with Gasteiger partial charge in [-0.1, -0.05) is 11.2 Å². The molecule has 2 atom stereocenters. The molecule has 7 nitrogen and oxygen atoms in total. The highest BCUT2D eigenvalue weighted by Crippen LogP contribution is 2.31. The molecule has 114 valence electrons. The lowest BCUT2D eigenvalue weighted by molar-refractivity contribution is -0.127. The molecular weight excluding hydrogens is 284 g/mol. The summed E-state index contributed by atoms with van der Waals surface area (Å²) < 4.78 is 4.91. The van der Waals surface area contributed by atoms with E-state index in [2.05, 4.69) is 15.5 Å². The molecule has 0 spiro atoms. The monoisotopic (exact) mass is 300 g/mol. The number of nitrogens with zero attached hydrogens (tertiary/aromatic N) is 3. The standard InChI is InChI=1S/C15H16N4O3/c1-9-6-12(18-22-9)15(21)17-11-7-13(20)19(2)14(11)10-4-3-5-16-8-10/h3-6,8,11,14H,7H2,1-2H3,(H,17,21)/t11-,14+/m1/s1. The summed E-state index contributed by atoms with van der Waals surface area (Å²) >= 11 is 0. The summed E-state index contributed by atoms with van der Waals surface area (Å²) in [5.74, 6) is 0.197. The molecule has 1 aliphatic heterocycles. The van der Waals surface area contributed by atoms with Crippen LogP contribution in [0.2, 0.25) is 0 Å². The van der Waals surface area contributed by atoms with Gasteiger partial charge in [0, 0.05) is 31.9 Å². The van der Waals surface area contributed by atoms with Crippen LogP contribution in [0.15, 0.2) is 35.1 Å². The van der Waals surface area contributed by atoms with Gasteiger partial charge in [-0.15, -0.1) is 0 Å². The number of hydrogen-bond acceptors (Lipinski definition) is 5. The summed E-state index contributed by atoms with van der Waals surface area (Å²) in [6.45, 7) is 1.72. The Hall–Kier alpha value is -2.70. The summed E-state index contributed by atoms with van der Waals surface area (Å²) in [5.41, 5.74) is 1.10. The number of nitrogens with one attached hydrogen (secondary N) is 1. The van der Waals surface area contributed by atoms with Crippen LogP contribution in [-0.4, -0.2) is 39.9 Å². The van der Waals surface area contributed by atoms with Crippen LogP contribution in [0.4, 0.5) is 0 Å². The van der Waals surface area contributed by atoms with Crippen molar-refractivity contribution in [3.05, 3.63) is 47.6 Å². The number of amides is 2. The molecule has 0 aromatic carbocycles. The first-order chi connectivity index (χ1) is 10.6. The zero-order chi connectivity index (χ0) is 15.7. The van der Waals surface area contributed by atoms with Crippen molar-refractivity contribution in [2.75, 3.05) is 7.05 Å². The van der Waals surface area contributed by atoms with Crippen molar-refractivity contribution in [2.24, 2.45) is 0 Å². The number of carbonyl (C=O) groups excluding carboxylic acids is 2. The maximum Gasteiger partial charge on any atom is 0.273 e. The minimum atomic E-state index is -0.348. The lowest BCUT2D eigenvalue weighted by Gasteiger charge is -2.25. The van der Waals surface area contributed by atoms with Crippen LogP contribution in [-0.2, 0) is 4.79 Å². The minimum absolute atomic E-state index is 0.0181. The third kappa shape index (κ3) is 2.57. The quantitative estimate of drug-likeness (QED) is 0.916. The summed E-state index contributed by atoms with van der Waals surface area (Å²) in [5, 5.41) is 6.56. The Balaban J connectivity index is 1.82. The van der Waals surface area contributed by atoms with E-state index in [1.807, 2.05) is 12.1 Å². The Morgan fingerprint density at radius 1 is 1.50 bits per heavy atom. The van der Waals surface area contributed by atoms with Gasteiger partial charge in [0.1, 0.15) is 5.76 Å². The van der Waals surface area contributed by atoms with E-state index >= 15 is 0 Å². The van der Waals surface area contributed by atoms with E-state index in [0.29, 0.717) is 5.76 Å². The van der Waals surface area contributed by atoms with Gasteiger partial charge in [-0.2, -0.15) is 0 Å². The third-order valence-electron chi connectivity index (χ3n) is 3.79. The molecule has 2 aromatic rings. The van der Waals surface area contributed by atoms with E-state index in [-0.39, 0.29) is 36.0 Å². The van der Waals surface area contributed by atoms with E-state index in [4.69, 9.17) is 4.52 Å². The molecule has 3 rings (SSSR count). The number of pyridine rings is 1. The van der Waals surface area contributed by atoms with E-state index < -0.39 is 0 Å². The first-order valence-corrected chi connectivity index (χ1v) is 6.96. The van der Waals surface area contributed by atoms with Gasteiger partial charge in [0.25, 0.3) is 5.91 Å². The Kier molecular flexibility index (Phi) is 3.62. The predicted molar refractivity (Wildman–Crippen MR) is 76.9 cm³/mol. The second-order valence-corrected chi connectivity index (χ2v) is 5.34. The Bertz CT molecular complexity index is 698. The first kappa shape index (κ1) is 14.2. The number of likely N-dealkylation sites (N-methyl/N-ethyl adjacent to an activating group) is 1. The average molecular weight is 300 g/mol. The highest BCUT2D eigenvalue weighted by atomic mass is 16.5. The molecule has 1 aliphatic rings. The van der Waals surface area contributed by atoms with Gasteiger partial charge in [-0.25, -0.2) is 0 Å². The van der Waals surface area contributed by atoms with Crippen LogP contribution < -0.4 is 5.32 Å². The zero-order valence-corrected chi connectivity index (χ0v) is 12.3. The Morgan fingerprint density at radius 2 is 2.32 bits per heavy atom. The van der Waals surface area contributed by atoms with Gasteiger partial charge in [0.2, 0.25) is 5.91 Å². The van der Waals surface area contributed by atoms with Gasteiger partial charge >= 0.3 is 0 Å². The SMILES string of the molecule is Cc1cc(C(=O)N[C@@H]2CC(=O)N(C)[C@H]2c2cccnc2)no1. The fraction of sp³-hybridized carbons (Fsp3) is 0.333. The molecule has 0 radical (unpaired) electrons. The molecular formula is C15H16N4O3. The molecule has 1 N–H and O–H groups in total. The summed E-state index contributed by atoms with van der Waals surface area (Å²) in [4.78, 5) is 30.0. The number of likely N-dealkylation sites (tertiary alicyclic amines) is 1. The van der Waals surface area contributed by atoms with Crippen LogP contribution in [0.1, 0.15) is 34.3 Å². The van der Waals surface area contributed by atoms with E-state index in [1.54, 1.807) is 37.3 Å². The Morgan fingerprint density at radius 3 is 2.95 bits per heavy atom. The van der Waals surface area contributed by atoms with Crippen LogP contribution in [0.3, 0.4) is 0 Å². The molecule has 1 saturated heterocycles. The highest BCUT2D eigenvalue weighted by molar-refractivity contribution is 5.93. The number of aromatic nitrogens is 2. The summed E-state index contributed by atoms with van der Waals surface area (Å²) in [6, 6.07) is 4.71. The third-order valence-corrected chi connectivity index (χ3v) is 3.79. The van der Waals surface area contributed by atoms with Crippen molar-refractivity contribution < 1.29 is 14.1 Å². The fourth-order valence-corrected chi connectivity index (χ4v) is 2.72. The summed E-state index contributed by atoms with van der Waals surface area (Å²) in [6.07, 6.45) is 3.63. The second kappa shape index (κ2) is 5.59. The van der Waals surface area contributed by atoms with Crippen molar-refractivity contribution in [1.82, 2.24) is 20.4 Å². The van der Waals surface area contributed by atoms with Crippen molar-refractivity contribution >= 4 is 11.8 Å². The second-order valence-electron chi connectivity index (χ2n) is 5.34. The number of rotatable bonds is 3. The van der Waals surface area contributed by atoms with Crippen molar-refractivity contribution in [3.63, 3.8) is 0 Å². The lowest BCUT2D eigenvalue weighted by atomic mass is 10.0. The molecule has 0 bridgehead atoms. The van der Waals surface area contributed by atoms with Gasteiger partial charge in [0.05, 0.1) is 12.1 Å². The van der Waals surface area contributed by atoms with E-state index in [9.17, 15) is 9.59 Å². The van der Waals surface area contributed by atoms with E-state index in [0.717, 1.165) is 5.56 Å². The molecule has 2 aromatic heterocycles. The van der Waals surface area contributed by atoms with Gasteiger partial charge in [0.15, 0.2) is 5.69 Å². The molecule has 22 heavy (non-hydrogen) atoms. The summed E-state index contributed by atoms with van der Waals surface area (Å²) in [7, 11) is 1.73. The topological polar surface area (TPSA) is 88.3 Å². The minimum Gasteiger partial charge on any atom is -0.361 e. The molecule has 0 saturated carbocycles. The van der Waals surface area contributed by atoms with Crippen molar-refractivity contribution in [2.45, 2.75) is 25.4 Å². The van der Waals surface area contributed by atoms with E-state index in [1.165, 1.54) is 0 Å². The van der Waals surface area contributed by atoms with Gasteiger partial charge in [-0.05, 0) is 18.6 Å².